The van der Waals surface area contributed by atoms with E-state index in [1.165, 1.54) is 17.7 Å². The van der Waals surface area contributed by atoms with Crippen molar-refractivity contribution in [3.05, 3.63) is 36.3 Å². The molecule has 0 aliphatic carbocycles. The molecule has 1 aromatic carbocycles. The second kappa shape index (κ2) is 5.85. The predicted molar refractivity (Wildman–Crippen MR) is 87.5 cm³/mol. The highest BCUT2D eigenvalue weighted by atomic mass is 32.1. The normalized spacial score (nSPS) is 10.9. The molecule has 0 aliphatic heterocycles. The van der Waals surface area contributed by atoms with Crippen molar-refractivity contribution in [1.82, 2.24) is 30.3 Å². The molecule has 8 nitrogen and oxygen atoms in total. The highest BCUT2D eigenvalue weighted by Gasteiger charge is 2.18. The molecule has 0 aliphatic rings. The number of benzene rings is 1. The lowest BCUT2D eigenvalue weighted by Crippen LogP contribution is -1.84. The van der Waals surface area contributed by atoms with Crippen molar-refractivity contribution in [1.29, 1.82) is 0 Å². The molecule has 0 spiro atoms. The zero-order chi connectivity index (χ0) is 16.5. The Morgan fingerprint density at radius 1 is 1.17 bits per heavy atom. The summed E-state index contributed by atoms with van der Waals surface area (Å²) in [6.45, 7) is 1.89. The lowest BCUT2D eigenvalue weighted by Gasteiger charge is -1.98. The van der Waals surface area contributed by atoms with Gasteiger partial charge in [0.05, 0.1) is 12.8 Å². The van der Waals surface area contributed by atoms with Crippen LogP contribution in [-0.2, 0) is 0 Å². The van der Waals surface area contributed by atoms with E-state index in [1.54, 1.807) is 7.11 Å². The van der Waals surface area contributed by atoms with Crippen LogP contribution in [0.4, 0.5) is 0 Å². The molecule has 120 valence electrons. The van der Waals surface area contributed by atoms with Gasteiger partial charge in [-0.05, 0) is 31.2 Å². The Morgan fingerprint density at radius 2 is 2.00 bits per heavy atom. The van der Waals surface area contributed by atoms with Gasteiger partial charge in [0.15, 0.2) is 10.8 Å². The fraction of sp³-hybridized carbons (Fsp3) is 0.133. The maximum atomic E-state index is 5.41. The number of H-pyrrole nitrogens is 1. The SMILES string of the molecule is COc1ccc(-c2noc(-c3sc(-c4ncn[nH]4)nc3C)n2)cc1. The summed E-state index contributed by atoms with van der Waals surface area (Å²) in [6.07, 6.45) is 1.44. The molecule has 0 fully saturated rings. The molecule has 1 N–H and O–H groups in total. The van der Waals surface area contributed by atoms with Crippen molar-refractivity contribution >= 4 is 11.3 Å². The third-order valence-corrected chi connectivity index (χ3v) is 4.53. The maximum Gasteiger partial charge on any atom is 0.270 e. The monoisotopic (exact) mass is 340 g/mol. The van der Waals surface area contributed by atoms with Crippen LogP contribution in [0.3, 0.4) is 0 Å². The highest BCUT2D eigenvalue weighted by molar-refractivity contribution is 7.18. The van der Waals surface area contributed by atoms with Crippen LogP contribution in [0.2, 0.25) is 0 Å². The van der Waals surface area contributed by atoms with Crippen molar-refractivity contribution in [2.75, 3.05) is 7.11 Å². The summed E-state index contributed by atoms with van der Waals surface area (Å²) in [4.78, 5) is 13.9. The molecular formula is C15H12N6O2S. The van der Waals surface area contributed by atoms with Gasteiger partial charge in [0.25, 0.3) is 5.89 Å². The Labute approximate surface area is 140 Å². The standard InChI is InChI=1S/C15H12N6O2S/c1-8-11(24-15(18-8)13-16-7-17-20-13)14-19-12(21-23-14)9-3-5-10(22-2)6-4-9/h3-7H,1-2H3,(H,16,17,20). The molecule has 0 radical (unpaired) electrons. The molecular weight excluding hydrogens is 328 g/mol. The molecule has 0 amide bonds. The molecule has 0 atom stereocenters. The molecule has 0 saturated carbocycles. The second-order valence-electron chi connectivity index (χ2n) is 4.92. The zero-order valence-electron chi connectivity index (χ0n) is 12.8. The van der Waals surface area contributed by atoms with Crippen molar-refractivity contribution in [3.63, 3.8) is 0 Å². The van der Waals surface area contributed by atoms with Gasteiger partial charge in [-0.1, -0.05) is 5.16 Å². The molecule has 0 bridgehead atoms. The first-order valence-electron chi connectivity index (χ1n) is 7.06. The van der Waals surface area contributed by atoms with E-state index in [0.717, 1.165) is 26.9 Å². The number of thiazole rings is 1. The van der Waals surface area contributed by atoms with Crippen LogP contribution in [0.1, 0.15) is 5.69 Å². The van der Waals surface area contributed by atoms with Gasteiger partial charge in [-0.2, -0.15) is 10.1 Å². The first kappa shape index (κ1) is 14.5. The molecule has 9 heteroatoms. The minimum absolute atomic E-state index is 0.432. The third kappa shape index (κ3) is 2.54. The van der Waals surface area contributed by atoms with Crippen LogP contribution >= 0.6 is 11.3 Å². The smallest absolute Gasteiger partial charge is 0.270 e. The third-order valence-electron chi connectivity index (χ3n) is 3.38. The van der Waals surface area contributed by atoms with E-state index in [-0.39, 0.29) is 0 Å². The van der Waals surface area contributed by atoms with Gasteiger partial charge >= 0.3 is 0 Å². The predicted octanol–water partition coefficient (Wildman–Crippen LogP) is 2.96. The van der Waals surface area contributed by atoms with Crippen molar-refractivity contribution in [3.8, 4) is 38.7 Å². The van der Waals surface area contributed by atoms with Crippen molar-refractivity contribution in [2.24, 2.45) is 0 Å². The number of rotatable bonds is 4. The Hall–Kier alpha value is -3.07. The summed E-state index contributed by atoms with van der Waals surface area (Å²) in [6, 6.07) is 7.47. The number of aryl methyl sites for hydroxylation is 1. The number of ether oxygens (including phenoxy) is 1. The van der Waals surface area contributed by atoms with Crippen LogP contribution in [0, 0.1) is 6.92 Å². The van der Waals surface area contributed by atoms with Gasteiger partial charge in [0.2, 0.25) is 5.82 Å². The summed E-state index contributed by atoms with van der Waals surface area (Å²) in [5.74, 6) is 2.34. The maximum absolute atomic E-state index is 5.41. The summed E-state index contributed by atoms with van der Waals surface area (Å²) in [5, 5.41) is 11.4. The van der Waals surface area contributed by atoms with E-state index >= 15 is 0 Å². The number of methoxy groups -OCH3 is 1. The molecule has 0 unspecified atom stereocenters. The average molecular weight is 340 g/mol. The summed E-state index contributed by atoms with van der Waals surface area (Å²) in [5.41, 5.74) is 1.65. The number of nitrogens with zero attached hydrogens (tertiary/aromatic N) is 5. The quantitative estimate of drug-likeness (QED) is 0.609. The summed E-state index contributed by atoms with van der Waals surface area (Å²) < 4.78 is 10.6. The number of hydrogen-bond donors (Lipinski definition) is 1. The van der Waals surface area contributed by atoms with Crippen LogP contribution in [0.5, 0.6) is 5.75 Å². The van der Waals surface area contributed by atoms with Gasteiger partial charge in [-0.3, -0.25) is 5.10 Å². The van der Waals surface area contributed by atoms with E-state index in [0.29, 0.717) is 17.5 Å². The van der Waals surface area contributed by atoms with E-state index in [4.69, 9.17) is 9.26 Å². The van der Waals surface area contributed by atoms with Crippen molar-refractivity contribution < 1.29 is 9.26 Å². The van der Waals surface area contributed by atoms with Gasteiger partial charge in [-0.25, -0.2) is 9.97 Å². The Kier molecular flexibility index (Phi) is 3.54. The number of nitrogens with one attached hydrogen (secondary N) is 1. The first-order chi connectivity index (χ1) is 11.7. The molecule has 24 heavy (non-hydrogen) atoms. The number of aromatic nitrogens is 6. The van der Waals surface area contributed by atoms with Crippen LogP contribution in [-0.4, -0.2) is 37.4 Å². The van der Waals surface area contributed by atoms with E-state index in [9.17, 15) is 0 Å². The zero-order valence-corrected chi connectivity index (χ0v) is 13.7. The molecule has 4 aromatic rings. The Morgan fingerprint density at radius 3 is 2.71 bits per heavy atom. The number of hydrogen-bond acceptors (Lipinski definition) is 8. The molecule has 4 rings (SSSR count). The van der Waals surface area contributed by atoms with Gasteiger partial charge in [0, 0.05) is 5.56 Å². The second-order valence-corrected chi connectivity index (χ2v) is 5.92. The van der Waals surface area contributed by atoms with Crippen LogP contribution in [0.25, 0.3) is 33.0 Å². The van der Waals surface area contributed by atoms with Gasteiger partial charge < -0.3 is 9.26 Å². The average Bonchev–Trinajstić information content (AvgIpc) is 3.35. The largest absolute Gasteiger partial charge is 0.497 e. The fourth-order valence-corrected chi connectivity index (χ4v) is 3.11. The minimum Gasteiger partial charge on any atom is -0.497 e. The topological polar surface area (TPSA) is 103 Å². The van der Waals surface area contributed by atoms with E-state index in [1.807, 2.05) is 31.2 Å². The number of aromatic amines is 1. The van der Waals surface area contributed by atoms with E-state index < -0.39 is 0 Å². The van der Waals surface area contributed by atoms with E-state index in [2.05, 4.69) is 30.3 Å². The summed E-state index contributed by atoms with van der Waals surface area (Å²) in [7, 11) is 1.63. The minimum atomic E-state index is 0.432. The van der Waals surface area contributed by atoms with Gasteiger partial charge in [-0.15, -0.1) is 11.3 Å². The van der Waals surface area contributed by atoms with Crippen molar-refractivity contribution in [2.45, 2.75) is 6.92 Å². The molecule has 3 heterocycles. The lowest BCUT2D eigenvalue weighted by atomic mass is 10.2. The summed E-state index contributed by atoms with van der Waals surface area (Å²) >= 11 is 1.42. The Balaban J connectivity index is 1.67. The van der Waals surface area contributed by atoms with Crippen LogP contribution in [0.15, 0.2) is 35.1 Å². The first-order valence-corrected chi connectivity index (χ1v) is 7.88. The lowest BCUT2D eigenvalue weighted by molar-refractivity contribution is 0.415. The Bertz CT molecular complexity index is 958. The highest BCUT2D eigenvalue weighted by Crippen LogP contribution is 2.33. The fourth-order valence-electron chi connectivity index (χ4n) is 2.18. The molecule has 0 saturated heterocycles. The molecule has 3 aromatic heterocycles. The van der Waals surface area contributed by atoms with Crippen LogP contribution < -0.4 is 4.74 Å². The van der Waals surface area contributed by atoms with Gasteiger partial charge in [0.1, 0.15) is 17.0 Å².